The second-order valence-electron chi connectivity index (χ2n) is 3.94. The van der Waals surface area contributed by atoms with Crippen LogP contribution in [0.5, 0.6) is 0 Å². The number of rotatable bonds is 2. The number of benzene rings is 2. The Labute approximate surface area is 158 Å². The molecule has 0 spiro atoms. The molecule has 0 fully saturated rings. The Balaban J connectivity index is 0. The van der Waals surface area contributed by atoms with Crippen LogP contribution in [0, 0.1) is 0 Å². The molecule has 6 N–H and O–H groups in total. The van der Waals surface area contributed by atoms with Crippen molar-refractivity contribution >= 4 is 43.1 Å². The third kappa shape index (κ3) is 23.5. The molecule has 0 aliphatic heterocycles. The maximum Gasteiger partial charge on any atom is 0.276 e. The summed E-state index contributed by atoms with van der Waals surface area (Å²) < 4.78 is 7.73. The van der Waals surface area contributed by atoms with Crippen molar-refractivity contribution in [2.24, 2.45) is 0 Å². The molecule has 0 bridgehead atoms. The van der Waals surface area contributed by atoms with E-state index >= 15 is 0 Å². The minimum absolute atomic E-state index is 0.750. The average molecular weight is 415 g/mol. The normalized spacial score (nSPS) is 8.67. The van der Waals surface area contributed by atoms with Crippen LogP contribution in [0.2, 0.25) is 0 Å². The molecule has 0 saturated heterocycles. The number of hydrogen-bond donors (Lipinski definition) is 2. The molecule has 24 heavy (non-hydrogen) atoms. The summed E-state index contributed by atoms with van der Waals surface area (Å²) in [6, 6.07) is 20.4. The van der Waals surface area contributed by atoms with E-state index in [0.29, 0.717) is 0 Å². The molecule has 0 aliphatic rings. The number of alkyl halides is 3. The second-order valence-corrected chi connectivity index (χ2v) is 6.37. The second kappa shape index (κ2) is 18.6. The molecule has 0 heterocycles. The van der Waals surface area contributed by atoms with E-state index in [1.54, 1.807) is 0 Å². The van der Waals surface area contributed by atoms with Gasteiger partial charge in [-0.25, -0.2) is 0 Å². The Morgan fingerprint density at radius 2 is 1.00 bits per heavy atom. The molecule has 2 rings (SSSR count). The first-order valence-corrected chi connectivity index (χ1v) is 9.14. The maximum atomic E-state index is 8.48. The van der Waals surface area contributed by atoms with Crippen LogP contribution in [0.15, 0.2) is 60.7 Å². The SMILES string of the molecule is ClC(Cl)Cl.O=[P+]([O-])[O-].[NH3+]Cc1ccccc1.[NH3+]Cc1ccccc1. The standard InChI is InChI=1S/2C7H9N.CHCl3.HO3P/c2*8-6-7-4-2-1-3-5-7;2-1(3)4;1-4(2)3/h2*1-5H,6,8H2;1H;(H,1,2,3)/p+1. The Morgan fingerprint density at radius 1 is 0.792 bits per heavy atom. The first-order chi connectivity index (χ1) is 11.3. The van der Waals surface area contributed by atoms with Crippen molar-refractivity contribution in [2.75, 3.05) is 0 Å². The van der Waals surface area contributed by atoms with Crippen LogP contribution in [-0.4, -0.2) is 4.30 Å². The molecule has 0 radical (unpaired) electrons. The van der Waals surface area contributed by atoms with Crippen molar-refractivity contribution in [2.45, 2.75) is 17.4 Å². The Morgan fingerprint density at radius 3 is 1.12 bits per heavy atom. The summed E-state index contributed by atoms with van der Waals surface area (Å²) in [6.07, 6.45) is 0. The zero-order chi connectivity index (χ0) is 18.8. The van der Waals surface area contributed by atoms with Gasteiger partial charge in [0.05, 0.1) is 13.1 Å². The molecule has 0 aliphatic carbocycles. The van der Waals surface area contributed by atoms with Crippen LogP contribution in [0.1, 0.15) is 11.1 Å². The molecule has 5 nitrogen and oxygen atoms in total. The van der Waals surface area contributed by atoms with Gasteiger partial charge < -0.3 is 21.3 Å². The number of halogens is 3. The maximum absolute atomic E-state index is 8.48. The van der Waals surface area contributed by atoms with Crippen molar-refractivity contribution in [3.8, 4) is 0 Å². The molecule has 9 heteroatoms. The van der Waals surface area contributed by atoms with E-state index in [1.807, 2.05) is 36.4 Å². The van der Waals surface area contributed by atoms with E-state index in [2.05, 4.69) is 35.7 Å². The number of hydrogen-bond acceptors (Lipinski definition) is 3. The lowest BCUT2D eigenvalue weighted by Crippen LogP contribution is -2.47. The molecule has 2 aromatic rings. The van der Waals surface area contributed by atoms with E-state index < -0.39 is 12.6 Å². The Hall–Kier alpha value is -0.750. The molecular formula is C15H21Cl3N2O3P+. The minimum atomic E-state index is -3.37. The van der Waals surface area contributed by atoms with Gasteiger partial charge in [0, 0.05) is 11.1 Å². The van der Waals surface area contributed by atoms with Crippen molar-refractivity contribution in [1.29, 1.82) is 0 Å². The fraction of sp³-hybridized carbons (Fsp3) is 0.200. The first-order valence-electron chi connectivity index (χ1n) is 6.73. The van der Waals surface area contributed by atoms with Crippen LogP contribution in [0.25, 0.3) is 0 Å². The molecule has 134 valence electrons. The lowest BCUT2D eigenvalue weighted by molar-refractivity contribution is -0.386. The zero-order valence-corrected chi connectivity index (χ0v) is 16.1. The fourth-order valence-electron chi connectivity index (χ4n) is 1.29. The van der Waals surface area contributed by atoms with Gasteiger partial charge in [-0.15, -0.1) is 0 Å². The first kappa shape index (κ1) is 25.5. The highest BCUT2D eigenvalue weighted by Crippen LogP contribution is 2.03. The van der Waals surface area contributed by atoms with Gasteiger partial charge in [0.1, 0.15) is 0 Å². The minimum Gasteiger partial charge on any atom is -0.598 e. The van der Waals surface area contributed by atoms with Gasteiger partial charge in [-0.2, -0.15) is 0 Å². The Bertz CT molecular complexity index is 474. The van der Waals surface area contributed by atoms with Crippen molar-refractivity contribution in [3.05, 3.63) is 71.8 Å². The van der Waals surface area contributed by atoms with Gasteiger partial charge in [0.2, 0.25) is 0 Å². The third-order valence-electron chi connectivity index (χ3n) is 2.26. The van der Waals surface area contributed by atoms with E-state index in [1.165, 1.54) is 11.1 Å². The van der Waals surface area contributed by atoms with Crippen molar-refractivity contribution < 1.29 is 25.8 Å². The zero-order valence-electron chi connectivity index (χ0n) is 13.0. The van der Waals surface area contributed by atoms with Crippen LogP contribution < -0.4 is 21.3 Å². The molecule has 0 unspecified atom stereocenters. The Kier molecular flexibility index (Phi) is 19.7. The molecule has 0 amide bonds. The van der Waals surface area contributed by atoms with Crippen molar-refractivity contribution in [3.63, 3.8) is 0 Å². The summed E-state index contributed by atoms with van der Waals surface area (Å²) in [5.41, 5.74) is 10.1. The summed E-state index contributed by atoms with van der Waals surface area (Å²) >= 11 is 14.4. The van der Waals surface area contributed by atoms with Gasteiger partial charge >= 0.3 is 0 Å². The summed E-state index contributed by atoms with van der Waals surface area (Å²) in [5, 5.41) is 0. The highest BCUT2D eigenvalue weighted by molar-refractivity contribution is 7.27. The van der Waals surface area contributed by atoms with Gasteiger partial charge in [0.25, 0.3) is 8.25 Å². The van der Waals surface area contributed by atoms with Gasteiger partial charge in [0.15, 0.2) is 4.30 Å². The topological polar surface area (TPSA) is 118 Å². The predicted molar refractivity (Wildman–Crippen MR) is 95.0 cm³/mol. The van der Waals surface area contributed by atoms with E-state index in [4.69, 9.17) is 49.2 Å². The fourth-order valence-corrected chi connectivity index (χ4v) is 1.29. The lowest BCUT2D eigenvalue weighted by atomic mass is 10.2. The van der Waals surface area contributed by atoms with E-state index in [0.717, 1.165) is 13.1 Å². The van der Waals surface area contributed by atoms with Crippen LogP contribution >= 0.6 is 43.1 Å². The average Bonchev–Trinajstić information content (AvgIpc) is 2.56. The highest BCUT2D eigenvalue weighted by Gasteiger charge is 1.83. The molecule has 0 atom stereocenters. The van der Waals surface area contributed by atoms with Crippen LogP contribution in [0.4, 0.5) is 0 Å². The van der Waals surface area contributed by atoms with Gasteiger partial charge in [-0.1, -0.05) is 100 Å². The molecule has 2 aromatic carbocycles. The quantitative estimate of drug-likeness (QED) is 0.568. The lowest BCUT2D eigenvalue weighted by Gasteiger charge is -1.87. The number of quaternary nitrogens is 2. The van der Waals surface area contributed by atoms with Crippen molar-refractivity contribution in [1.82, 2.24) is 0 Å². The largest absolute Gasteiger partial charge is 0.598 e. The third-order valence-corrected chi connectivity index (χ3v) is 2.26. The van der Waals surface area contributed by atoms with E-state index in [9.17, 15) is 0 Å². The highest BCUT2D eigenvalue weighted by atomic mass is 35.6. The van der Waals surface area contributed by atoms with Crippen LogP contribution in [0.3, 0.4) is 0 Å². The summed E-state index contributed by atoms with van der Waals surface area (Å²) in [5.74, 6) is 0. The summed E-state index contributed by atoms with van der Waals surface area (Å²) in [6.45, 7) is 1.78. The summed E-state index contributed by atoms with van der Waals surface area (Å²) in [7, 11) is -3.37. The van der Waals surface area contributed by atoms with Crippen LogP contribution in [-0.2, 0) is 17.7 Å². The predicted octanol–water partition coefficient (Wildman–Crippen LogP) is 1.21. The van der Waals surface area contributed by atoms with Gasteiger partial charge in [-0.05, 0) is 0 Å². The summed E-state index contributed by atoms with van der Waals surface area (Å²) in [4.78, 5) is 17.0. The molecular weight excluding hydrogens is 394 g/mol. The molecule has 0 saturated carbocycles. The molecule has 0 aromatic heterocycles. The smallest absolute Gasteiger partial charge is 0.276 e. The van der Waals surface area contributed by atoms with E-state index in [-0.39, 0.29) is 0 Å². The van der Waals surface area contributed by atoms with Gasteiger partial charge in [-0.3, -0.25) is 0 Å². The monoisotopic (exact) mass is 413 g/mol.